The molecule has 1 aliphatic heterocycles. The summed E-state index contributed by atoms with van der Waals surface area (Å²) in [4.78, 5) is 28.0. The number of pyridine rings is 1. The van der Waals surface area contributed by atoms with Crippen molar-refractivity contribution >= 4 is 40.1 Å². The highest BCUT2D eigenvalue weighted by molar-refractivity contribution is 6.31. The lowest BCUT2D eigenvalue weighted by atomic mass is 10.2. The van der Waals surface area contributed by atoms with Crippen molar-refractivity contribution in [2.24, 2.45) is 0 Å². The van der Waals surface area contributed by atoms with E-state index in [1.54, 1.807) is 12.1 Å². The summed E-state index contributed by atoms with van der Waals surface area (Å²) in [6.45, 7) is 2.98. The van der Waals surface area contributed by atoms with Gasteiger partial charge in [0.1, 0.15) is 0 Å². The molecule has 7 heteroatoms. The Hall–Kier alpha value is -2.60. The molecular formula is C16H13ClN2O4. The third-order valence-corrected chi connectivity index (χ3v) is 3.37. The van der Waals surface area contributed by atoms with E-state index in [4.69, 9.17) is 21.1 Å². The Morgan fingerprint density at radius 3 is 2.61 bits per heavy atom. The van der Waals surface area contributed by atoms with Gasteiger partial charge in [-0.2, -0.15) is 0 Å². The standard InChI is InChI=1S/C16H13ClN2O4/c1-16(2)22-14(20)11(15(21)23-16)8-18-12-5-3-4-9-6-10(17)7-19-13(9)12/h3-8,18H,1-2H3. The predicted octanol–water partition coefficient (Wildman–Crippen LogP) is 3.02. The van der Waals surface area contributed by atoms with Crippen LogP contribution >= 0.6 is 11.6 Å². The van der Waals surface area contributed by atoms with E-state index in [-0.39, 0.29) is 5.57 Å². The van der Waals surface area contributed by atoms with Crippen LogP contribution in [0, 0.1) is 0 Å². The molecular weight excluding hydrogens is 320 g/mol. The number of halogens is 1. The third kappa shape index (κ3) is 3.12. The molecule has 1 fully saturated rings. The second-order valence-electron chi connectivity index (χ2n) is 5.41. The molecule has 1 aromatic heterocycles. The number of nitrogens with zero attached hydrogens (tertiary/aromatic N) is 1. The summed E-state index contributed by atoms with van der Waals surface area (Å²) in [6.07, 6.45) is 2.78. The number of hydrogen-bond acceptors (Lipinski definition) is 6. The van der Waals surface area contributed by atoms with Crippen molar-refractivity contribution in [3.63, 3.8) is 0 Å². The van der Waals surface area contributed by atoms with Gasteiger partial charge < -0.3 is 14.8 Å². The summed E-state index contributed by atoms with van der Waals surface area (Å²) in [5.74, 6) is -2.74. The summed E-state index contributed by atoms with van der Waals surface area (Å²) < 4.78 is 10.1. The summed E-state index contributed by atoms with van der Waals surface area (Å²) in [7, 11) is 0. The van der Waals surface area contributed by atoms with Crippen LogP contribution in [-0.4, -0.2) is 22.7 Å². The normalized spacial score (nSPS) is 16.7. The third-order valence-electron chi connectivity index (χ3n) is 3.17. The molecule has 3 rings (SSSR count). The molecule has 0 aliphatic carbocycles. The minimum atomic E-state index is -1.26. The molecule has 0 amide bonds. The van der Waals surface area contributed by atoms with Gasteiger partial charge in [-0.3, -0.25) is 4.98 Å². The maximum Gasteiger partial charge on any atom is 0.350 e. The summed E-state index contributed by atoms with van der Waals surface area (Å²) in [6, 6.07) is 7.21. The Labute approximate surface area is 137 Å². The van der Waals surface area contributed by atoms with Crippen LogP contribution in [-0.2, 0) is 19.1 Å². The molecule has 0 unspecified atom stereocenters. The molecule has 1 aromatic carbocycles. The van der Waals surface area contributed by atoms with Crippen LogP contribution in [0.4, 0.5) is 5.69 Å². The number of carbonyl (C=O) groups excluding carboxylic acids is 2. The highest BCUT2D eigenvalue weighted by Crippen LogP contribution is 2.25. The number of benzene rings is 1. The van der Waals surface area contributed by atoms with Crippen molar-refractivity contribution < 1.29 is 19.1 Å². The van der Waals surface area contributed by atoms with E-state index in [1.807, 2.05) is 12.1 Å². The number of cyclic esters (lactones) is 2. The molecule has 1 saturated heterocycles. The van der Waals surface area contributed by atoms with Crippen LogP contribution in [0.1, 0.15) is 13.8 Å². The van der Waals surface area contributed by atoms with Gasteiger partial charge in [0.2, 0.25) is 0 Å². The minimum absolute atomic E-state index is 0.213. The SMILES string of the molecule is CC1(C)OC(=O)C(=CNc2cccc3cc(Cl)cnc23)C(=O)O1. The second kappa shape index (κ2) is 5.55. The number of fused-ring (bicyclic) bond motifs is 1. The van der Waals surface area contributed by atoms with Crippen molar-refractivity contribution in [2.75, 3.05) is 5.32 Å². The number of carbonyl (C=O) groups is 2. The molecule has 2 heterocycles. The average molecular weight is 333 g/mol. The molecule has 0 saturated carbocycles. The number of aromatic nitrogens is 1. The topological polar surface area (TPSA) is 77.5 Å². The Kier molecular flexibility index (Phi) is 3.69. The first-order chi connectivity index (χ1) is 10.9. The lowest BCUT2D eigenvalue weighted by Gasteiger charge is -2.29. The van der Waals surface area contributed by atoms with E-state index in [1.165, 1.54) is 26.2 Å². The van der Waals surface area contributed by atoms with Gasteiger partial charge in [0, 0.05) is 31.6 Å². The van der Waals surface area contributed by atoms with Crippen molar-refractivity contribution in [3.8, 4) is 0 Å². The van der Waals surface area contributed by atoms with E-state index < -0.39 is 17.7 Å². The molecule has 1 aliphatic rings. The number of hydrogen-bond donors (Lipinski definition) is 1. The van der Waals surface area contributed by atoms with E-state index in [2.05, 4.69) is 10.3 Å². The van der Waals surface area contributed by atoms with E-state index in [0.717, 1.165) is 5.39 Å². The minimum Gasteiger partial charge on any atom is -0.419 e. The highest BCUT2D eigenvalue weighted by Gasteiger charge is 2.38. The zero-order chi connectivity index (χ0) is 16.6. The average Bonchev–Trinajstić information content (AvgIpc) is 2.44. The first-order valence-electron chi connectivity index (χ1n) is 6.83. The Morgan fingerprint density at radius 2 is 1.91 bits per heavy atom. The number of esters is 2. The maximum absolute atomic E-state index is 11.9. The molecule has 1 N–H and O–H groups in total. The largest absolute Gasteiger partial charge is 0.419 e. The van der Waals surface area contributed by atoms with E-state index >= 15 is 0 Å². The Balaban J connectivity index is 1.91. The number of para-hydroxylation sites is 1. The first kappa shape index (κ1) is 15.3. The molecule has 6 nitrogen and oxygen atoms in total. The maximum atomic E-state index is 11.9. The van der Waals surface area contributed by atoms with Crippen LogP contribution in [0.25, 0.3) is 10.9 Å². The number of anilines is 1. The molecule has 0 spiro atoms. The molecule has 2 aromatic rings. The van der Waals surface area contributed by atoms with Gasteiger partial charge in [0.05, 0.1) is 16.2 Å². The quantitative estimate of drug-likeness (QED) is 0.517. The van der Waals surface area contributed by atoms with Crippen LogP contribution in [0.3, 0.4) is 0 Å². The summed E-state index contributed by atoms with van der Waals surface area (Å²) in [5, 5.41) is 4.25. The molecule has 0 radical (unpaired) electrons. The van der Waals surface area contributed by atoms with Crippen molar-refractivity contribution in [3.05, 3.63) is 47.3 Å². The van der Waals surface area contributed by atoms with Gasteiger partial charge in [0.15, 0.2) is 5.57 Å². The van der Waals surface area contributed by atoms with E-state index in [9.17, 15) is 9.59 Å². The van der Waals surface area contributed by atoms with Crippen LogP contribution in [0.2, 0.25) is 5.02 Å². The first-order valence-corrected chi connectivity index (χ1v) is 7.21. The Morgan fingerprint density at radius 1 is 1.22 bits per heavy atom. The van der Waals surface area contributed by atoms with Gasteiger partial charge in [-0.15, -0.1) is 0 Å². The van der Waals surface area contributed by atoms with Gasteiger partial charge in [-0.25, -0.2) is 9.59 Å². The molecule has 0 bridgehead atoms. The van der Waals surface area contributed by atoms with Crippen LogP contribution in [0.15, 0.2) is 42.2 Å². The van der Waals surface area contributed by atoms with E-state index in [0.29, 0.717) is 16.2 Å². The predicted molar refractivity (Wildman–Crippen MR) is 84.7 cm³/mol. The zero-order valence-electron chi connectivity index (χ0n) is 12.4. The summed E-state index contributed by atoms with van der Waals surface area (Å²) >= 11 is 5.92. The van der Waals surface area contributed by atoms with Crippen molar-refractivity contribution in [1.82, 2.24) is 4.98 Å². The lowest BCUT2D eigenvalue weighted by Crippen LogP contribution is -2.42. The number of rotatable bonds is 2. The fourth-order valence-electron chi connectivity index (χ4n) is 2.18. The smallest absolute Gasteiger partial charge is 0.350 e. The molecule has 23 heavy (non-hydrogen) atoms. The van der Waals surface area contributed by atoms with Gasteiger partial charge >= 0.3 is 11.9 Å². The van der Waals surface area contributed by atoms with Gasteiger partial charge in [-0.05, 0) is 12.1 Å². The Bertz CT molecular complexity index is 823. The monoisotopic (exact) mass is 332 g/mol. The molecule has 0 atom stereocenters. The lowest BCUT2D eigenvalue weighted by molar-refractivity contribution is -0.222. The van der Waals surface area contributed by atoms with Crippen molar-refractivity contribution in [2.45, 2.75) is 19.6 Å². The number of nitrogens with one attached hydrogen (secondary N) is 1. The van der Waals surface area contributed by atoms with Crippen LogP contribution < -0.4 is 5.32 Å². The fraction of sp³-hybridized carbons (Fsp3) is 0.188. The van der Waals surface area contributed by atoms with Gasteiger partial charge in [-0.1, -0.05) is 23.7 Å². The highest BCUT2D eigenvalue weighted by atomic mass is 35.5. The summed E-state index contributed by atoms with van der Waals surface area (Å²) in [5.41, 5.74) is 1.07. The van der Waals surface area contributed by atoms with Gasteiger partial charge in [0.25, 0.3) is 5.79 Å². The van der Waals surface area contributed by atoms with Crippen LogP contribution in [0.5, 0.6) is 0 Å². The fourth-order valence-corrected chi connectivity index (χ4v) is 2.35. The zero-order valence-corrected chi connectivity index (χ0v) is 13.2. The molecule has 118 valence electrons. The number of ether oxygens (including phenoxy) is 2. The second-order valence-corrected chi connectivity index (χ2v) is 5.85. The van der Waals surface area contributed by atoms with Crippen molar-refractivity contribution in [1.29, 1.82) is 0 Å².